The van der Waals surface area contributed by atoms with Crippen LogP contribution in [-0.4, -0.2) is 24.7 Å². The van der Waals surface area contributed by atoms with Crippen LogP contribution >= 0.6 is 0 Å². The first-order valence-corrected chi connectivity index (χ1v) is 5.11. The molecule has 0 aromatic carbocycles. The van der Waals surface area contributed by atoms with Gasteiger partial charge in [0.15, 0.2) is 0 Å². The van der Waals surface area contributed by atoms with Crippen LogP contribution in [0.1, 0.15) is 33.1 Å². The number of esters is 1. The van der Waals surface area contributed by atoms with E-state index in [1.807, 2.05) is 6.92 Å². The Hall–Kier alpha value is -1.26. The standard InChI is InChI=1S/C9H18N4O2/c1-3-7(10)8(12-13-11)5-6-9(14)15-4-2/h7-8H,3-6,10H2,1-2H3/t7-,8+/m0/s1. The molecule has 0 spiro atoms. The van der Waals surface area contributed by atoms with Crippen LogP contribution < -0.4 is 5.73 Å². The number of hydrogen-bond acceptors (Lipinski definition) is 4. The summed E-state index contributed by atoms with van der Waals surface area (Å²) in [7, 11) is 0. The summed E-state index contributed by atoms with van der Waals surface area (Å²) in [6.45, 7) is 4.03. The fourth-order valence-electron chi connectivity index (χ4n) is 1.19. The van der Waals surface area contributed by atoms with Crippen LogP contribution in [0, 0.1) is 0 Å². The van der Waals surface area contributed by atoms with E-state index in [0.29, 0.717) is 19.4 Å². The van der Waals surface area contributed by atoms with Crippen LogP contribution in [0.25, 0.3) is 10.4 Å². The predicted molar refractivity (Wildman–Crippen MR) is 57.1 cm³/mol. The van der Waals surface area contributed by atoms with Crippen LogP contribution in [0.5, 0.6) is 0 Å². The normalized spacial score (nSPS) is 13.8. The van der Waals surface area contributed by atoms with Gasteiger partial charge >= 0.3 is 5.97 Å². The SMILES string of the molecule is CCOC(=O)CC[C@@H](N=[N+]=[N-])[C@@H](N)CC. The van der Waals surface area contributed by atoms with E-state index in [9.17, 15) is 4.79 Å². The third-order valence-electron chi connectivity index (χ3n) is 2.12. The molecule has 0 unspecified atom stereocenters. The molecule has 0 aromatic rings. The lowest BCUT2D eigenvalue weighted by Crippen LogP contribution is -2.32. The Morgan fingerprint density at radius 1 is 1.60 bits per heavy atom. The lowest BCUT2D eigenvalue weighted by atomic mass is 10.0. The fourth-order valence-corrected chi connectivity index (χ4v) is 1.19. The lowest BCUT2D eigenvalue weighted by Gasteiger charge is -2.16. The number of nitrogens with two attached hydrogens (primary N) is 1. The summed E-state index contributed by atoms with van der Waals surface area (Å²) in [4.78, 5) is 13.8. The van der Waals surface area contributed by atoms with Crippen molar-refractivity contribution in [3.05, 3.63) is 10.4 Å². The Labute approximate surface area is 89.4 Å². The van der Waals surface area contributed by atoms with E-state index in [4.69, 9.17) is 16.0 Å². The van der Waals surface area contributed by atoms with E-state index in [-0.39, 0.29) is 24.5 Å². The molecule has 2 atom stereocenters. The number of hydrogen-bond donors (Lipinski definition) is 1. The van der Waals surface area contributed by atoms with Gasteiger partial charge in [-0.3, -0.25) is 4.79 Å². The van der Waals surface area contributed by atoms with Crippen molar-refractivity contribution in [3.8, 4) is 0 Å². The zero-order valence-corrected chi connectivity index (χ0v) is 9.22. The van der Waals surface area contributed by atoms with Gasteiger partial charge in [-0.15, -0.1) is 0 Å². The van der Waals surface area contributed by atoms with Crippen molar-refractivity contribution in [2.45, 2.75) is 45.2 Å². The molecule has 0 saturated carbocycles. The summed E-state index contributed by atoms with van der Waals surface area (Å²) in [6, 6.07) is -0.528. The molecule has 0 bridgehead atoms. The smallest absolute Gasteiger partial charge is 0.305 e. The van der Waals surface area contributed by atoms with E-state index in [1.54, 1.807) is 6.92 Å². The maximum absolute atomic E-state index is 11.1. The molecule has 6 nitrogen and oxygen atoms in total. The lowest BCUT2D eigenvalue weighted by molar-refractivity contribution is -0.143. The highest BCUT2D eigenvalue weighted by Crippen LogP contribution is 2.09. The summed E-state index contributed by atoms with van der Waals surface area (Å²) in [5, 5.41) is 3.57. The molecule has 0 fully saturated rings. The van der Waals surface area contributed by atoms with Crippen LogP contribution in [0.3, 0.4) is 0 Å². The zero-order chi connectivity index (χ0) is 11.7. The molecule has 15 heavy (non-hydrogen) atoms. The highest BCUT2D eigenvalue weighted by Gasteiger charge is 2.16. The van der Waals surface area contributed by atoms with Gasteiger partial charge < -0.3 is 10.5 Å². The molecule has 0 radical (unpaired) electrons. The van der Waals surface area contributed by atoms with Gasteiger partial charge in [-0.25, -0.2) is 0 Å². The Balaban J connectivity index is 4.06. The average molecular weight is 214 g/mol. The molecule has 2 N–H and O–H groups in total. The van der Waals surface area contributed by atoms with Crippen molar-refractivity contribution < 1.29 is 9.53 Å². The van der Waals surface area contributed by atoms with Crippen molar-refractivity contribution in [1.29, 1.82) is 0 Å². The number of carbonyl (C=O) groups is 1. The first-order chi connectivity index (χ1) is 7.15. The predicted octanol–water partition coefficient (Wildman–Crippen LogP) is 1.75. The number of ether oxygens (including phenoxy) is 1. The van der Waals surface area contributed by atoms with Gasteiger partial charge in [0, 0.05) is 17.4 Å². The molecule has 0 aliphatic heterocycles. The van der Waals surface area contributed by atoms with Crippen LogP contribution in [0.15, 0.2) is 5.11 Å². The Bertz CT molecular complexity index is 238. The van der Waals surface area contributed by atoms with E-state index in [0.717, 1.165) is 0 Å². The van der Waals surface area contributed by atoms with Gasteiger partial charge in [-0.1, -0.05) is 12.0 Å². The van der Waals surface area contributed by atoms with Gasteiger partial charge in [0.05, 0.1) is 12.6 Å². The maximum atomic E-state index is 11.1. The molecule has 86 valence electrons. The summed E-state index contributed by atoms with van der Waals surface area (Å²) < 4.78 is 4.77. The Morgan fingerprint density at radius 2 is 2.27 bits per heavy atom. The van der Waals surface area contributed by atoms with Crippen LogP contribution in [0.2, 0.25) is 0 Å². The van der Waals surface area contributed by atoms with Gasteiger partial charge in [-0.2, -0.15) is 0 Å². The summed E-state index contributed by atoms with van der Waals surface area (Å²) in [6.07, 6.45) is 1.40. The molecule has 0 aromatic heterocycles. The van der Waals surface area contributed by atoms with Crippen molar-refractivity contribution in [1.82, 2.24) is 0 Å². The summed E-state index contributed by atoms with van der Waals surface area (Å²) in [5.74, 6) is -0.279. The van der Waals surface area contributed by atoms with Gasteiger partial charge in [-0.05, 0) is 25.3 Å². The first-order valence-electron chi connectivity index (χ1n) is 5.11. The van der Waals surface area contributed by atoms with Gasteiger partial charge in [0.25, 0.3) is 0 Å². The monoisotopic (exact) mass is 214 g/mol. The van der Waals surface area contributed by atoms with Crippen molar-refractivity contribution >= 4 is 5.97 Å². The largest absolute Gasteiger partial charge is 0.466 e. The van der Waals surface area contributed by atoms with Crippen molar-refractivity contribution in [3.63, 3.8) is 0 Å². The highest BCUT2D eigenvalue weighted by atomic mass is 16.5. The highest BCUT2D eigenvalue weighted by molar-refractivity contribution is 5.69. The van der Waals surface area contributed by atoms with Crippen LogP contribution in [0.4, 0.5) is 0 Å². The average Bonchev–Trinajstić information content (AvgIpc) is 2.23. The molecule has 0 rings (SSSR count). The first kappa shape index (κ1) is 13.7. The topological polar surface area (TPSA) is 101 Å². The molecule has 0 amide bonds. The second-order valence-electron chi connectivity index (χ2n) is 3.19. The Morgan fingerprint density at radius 3 is 2.73 bits per heavy atom. The molecular weight excluding hydrogens is 196 g/mol. The second-order valence-corrected chi connectivity index (χ2v) is 3.19. The van der Waals surface area contributed by atoms with Crippen molar-refractivity contribution in [2.24, 2.45) is 10.8 Å². The van der Waals surface area contributed by atoms with Gasteiger partial charge in [0.1, 0.15) is 0 Å². The molecule has 0 saturated heterocycles. The maximum Gasteiger partial charge on any atom is 0.305 e. The van der Waals surface area contributed by atoms with Gasteiger partial charge in [0.2, 0.25) is 0 Å². The molecule has 6 heteroatoms. The third-order valence-corrected chi connectivity index (χ3v) is 2.12. The number of carbonyl (C=O) groups excluding carboxylic acids is 1. The van der Waals surface area contributed by atoms with E-state index < -0.39 is 0 Å². The quantitative estimate of drug-likeness (QED) is 0.302. The molecule has 0 aliphatic carbocycles. The number of azide groups is 1. The number of nitrogens with zero attached hydrogens (tertiary/aromatic N) is 3. The summed E-state index contributed by atoms with van der Waals surface area (Å²) in [5.41, 5.74) is 14.1. The van der Waals surface area contributed by atoms with Crippen molar-refractivity contribution in [2.75, 3.05) is 6.61 Å². The third kappa shape index (κ3) is 5.93. The molecule has 0 aliphatic rings. The molecular formula is C9H18N4O2. The minimum Gasteiger partial charge on any atom is -0.466 e. The summed E-state index contributed by atoms with van der Waals surface area (Å²) >= 11 is 0. The minimum atomic E-state index is -0.329. The molecule has 0 heterocycles. The second kappa shape index (κ2) is 8.08. The van der Waals surface area contributed by atoms with Crippen LogP contribution in [-0.2, 0) is 9.53 Å². The van der Waals surface area contributed by atoms with E-state index in [2.05, 4.69) is 10.0 Å². The van der Waals surface area contributed by atoms with E-state index in [1.165, 1.54) is 0 Å². The number of rotatable bonds is 7. The van der Waals surface area contributed by atoms with E-state index >= 15 is 0 Å². The fraction of sp³-hybridized carbons (Fsp3) is 0.889. The Kier molecular flexibility index (Phi) is 7.40. The minimum absolute atomic E-state index is 0.199. The zero-order valence-electron chi connectivity index (χ0n) is 9.22.